The quantitative estimate of drug-likeness (QED) is 0.569. The van der Waals surface area contributed by atoms with Gasteiger partial charge in [0, 0.05) is 43.8 Å². The first-order chi connectivity index (χ1) is 15.5. The first-order valence-corrected chi connectivity index (χ1v) is 11.3. The summed E-state index contributed by atoms with van der Waals surface area (Å²) < 4.78 is 21.5. The van der Waals surface area contributed by atoms with Gasteiger partial charge in [0.1, 0.15) is 5.60 Å². The number of ether oxygens (including phenoxy) is 4. The van der Waals surface area contributed by atoms with Crippen molar-refractivity contribution in [2.45, 2.75) is 52.0 Å². The highest BCUT2D eigenvalue weighted by molar-refractivity contribution is 6.31. The molecule has 2 aliphatic rings. The van der Waals surface area contributed by atoms with Crippen LogP contribution < -0.4 is 4.90 Å². The summed E-state index contributed by atoms with van der Waals surface area (Å²) in [6.07, 6.45) is -2.81. The van der Waals surface area contributed by atoms with Gasteiger partial charge in [0.05, 0.1) is 19.8 Å². The molecule has 1 amide bonds. The van der Waals surface area contributed by atoms with Crippen molar-refractivity contribution in [3.8, 4) is 0 Å². The minimum absolute atomic E-state index is 0.165. The Labute approximate surface area is 198 Å². The molecule has 0 aliphatic carbocycles. The van der Waals surface area contributed by atoms with Gasteiger partial charge in [-0.3, -0.25) is 14.5 Å². The monoisotopic (exact) mass is 482 g/mol. The van der Waals surface area contributed by atoms with Crippen molar-refractivity contribution in [2.75, 3.05) is 44.4 Å². The van der Waals surface area contributed by atoms with Crippen LogP contribution in [0.15, 0.2) is 18.2 Å². The number of rotatable bonds is 6. The number of anilines is 1. The Kier molecular flexibility index (Phi) is 8.33. The Morgan fingerprint density at radius 3 is 2.52 bits per heavy atom. The van der Waals surface area contributed by atoms with Gasteiger partial charge in [0.15, 0.2) is 6.10 Å². The SMILES string of the molecule is CC(=O)O[C@@H](C(=O)OC(C)(C)C)[C@H]1OCCN(c2ccc(Cl)c(CN3CCOCC3)c2)C1=O. The smallest absolute Gasteiger partial charge is 0.351 e. The molecule has 0 bridgehead atoms. The summed E-state index contributed by atoms with van der Waals surface area (Å²) in [5.74, 6) is -2.03. The maximum atomic E-state index is 13.3. The molecule has 1 aromatic rings. The van der Waals surface area contributed by atoms with Gasteiger partial charge in [-0.2, -0.15) is 0 Å². The highest BCUT2D eigenvalue weighted by Crippen LogP contribution is 2.28. The van der Waals surface area contributed by atoms with Gasteiger partial charge in [-0.05, 0) is 44.5 Å². The van der Waals surface area contributed by atoms with Crippen LogP contribution in [-0.4, -0.2) is 80.0 Å². The predicted molar refractivity (Wildman–Crippen MR) is 121 cm³/mol. The first-order valence-electron chi connectivity index (χ1n) is 11.0. The van der Waals surface area contributed by atoms with E-state index >= 15 is 0 Å². The maximum Gasteiger partial charge on any atom is 0.351 e. The number of halogens is 1. The van der Waals surface area contributed by atoms with E-state index < -0.39 is 35.7 Å². The average molecular weight is 483 g/mol. The Hall–Kier alpha value is -2.20. The molecule has 2 aliphatic heterocycles. The Balaban J connectivity index is 1.81. The van der Waals surface area contributed by atoms with Crippen LogP contribution in [-0.2, 0) is 39.9 Å². The third-order valence-electron chi connectivity index (χ3n) is 5.17. The maximum absolute atomic E-state index is 13.3. The first kappa shape index (κ1) is 25.4. The molecule has 0 aromatic heterocycles. The van der Waals surface area contributed by atoms with E-state index in [9.17, 15) is 14.4 Å². The molecule has 3 rings (SSSR count). The lowest BCUT2D eigenvalue weighted by molar-refractivity contribution is -0.188. The summed E-state index contributed by atoms with van der Waals surface area (Å²) in [6.45, 7) is 10.3. The fourth-order valence-electron chi connectivity index (χ4n) is 3.70. The zero-order chi connectivity index (χ0) is 24.2. The molecule has 2 atom stereocenters. The molecular weight excluding hydrogens is 452 g/mol. The summed E-state index contributed by atoms with van der Waals surface area (Å²) in [5.41, 5.74) is 0.694. The lowest BCUT2D eigenvalue weighted by Gasteiger charge is -2.36. The van der Waals surface area contributed by atoms with Crippen molar-refractivity contribution >= 4 is 35.1 Å². The van der Waals surface area contributed by atoms with Crippen LogP contribution in [0.25, 0.3) is 0 Å². The second kappa shape index (κ2) is 10.8. The number of benzene rings is 1. The largest absolute Gasteiger partial charge is 0.457 e. The molecular formula is C23H31ClN2O7. The normalized spacial score (nSPS) is 20.9. The number of esters is 2. The standard InChI is InChI=1S/C23H31ClN2O7/c1-15(27)32-20(22(29)33-23(2,3)4)19-21(28)26(9-12-31-19)17-5-6-18(24)16(13-17)14-25-7-10-30-11-8-25/h5-6,13,19-20H,7-12,14H2,1-4H3/t19-,20-/m1/s1. The van der Waals surface area contributed by atoms with Crippen LogP contribution in [0, 0.1) is 0 Å². The lowest BCUT2D eigenvalue weighted by atomic mass is 10.1. The number of amides is 1. The second-order valence-electron chi connectivity index (χ2n) is 9.01. The molecule has 2 saturated heterocycles. The van der Waals surface area contributed by atoms with Gasteiger partial charge in [-0.1, -0.05) is 11.6 Å². The highest BCUT2D eigenvalue weighted by Gasteiger charge is 2.44. The molecule has 1 aromatic carbocycles. The van der Waals surface area contributed by atoms with Gasteiger partial charge >= 0.3 is 11.9 Å². The van der Waals surface area contributed by atoms with Crippen molar-refractivity contribution in [1.29, 1.82) is 0 Å². The number of carbonyl (C=O) groups is 3. The number of nitrogens with zero attached hydrogens (tertiary/aromatic N) is 2. The van der Waals surface area contributed by atoms with E-state index in [1.807, 2.05) is 6.07 Å². The fourth-order valence-corrected chi connectivity index (χ4v) is 3.88. The van der Waals surface area contributed by atoms with Crippen LogP contribution >= 0.6 is 11.6 Å². The predicted octanol–water partition coefficient (Wildman–Crippen LogP) is 2.18. The van der Waals surface area contributed by atoms with Crippen LogP contribution in [0.1, 0.15) is 33.3 Å². The molecule has 0 N–H and O–H groups in total. The zero-order valence-corrected chi connectivity index (χ0v) is 20.2. The van der Waals surface area contributed by atoms with E-state index in [0.29, 0.717) is 30.5 Å². The van der Waals surface area contributed by atoms with E-state index in [4.69, 9.17) is 30.5 Å². The van der Waals surface area contributed by atoms with Gasteiger partial charge in [-0.25, -0.2) is 4.79 Å². The summed E-state index contributed by atoms with van der Waals surface area (Å²) in [6, 6.07) is 5.37. The van der Waals surface area contributed by atoms with Crippen molar-refractivity contribution in [3.05, 3.63) is 28.8 Å². The molecule has 2 heterocycles. The lowest BCUT2D eigenvalue weighted by Crippen LogP contribution is -2.56. The van der Waals surface area contributed by atoms with Gasteiger partial charge < -0.3 is 23.8 Å². The molecule has 10 heteroatoms. The van der Waals surface area contributed by atoms with Gasteiger partial charge in [0.25, 0.3) is 5.91 Å². The number of carbonyl (C=O) groups excluding carboxylic acids is 3. The molecule has 0 radical (unpaired) electrons. The molecule has 2 fully saturated rings. The van der Waals surface area contributed by atoms with Gasteiger partial charge in [0.2, 0.25) is 6.10 Å². The van der Waals surface area contributed by atoms with E-state index in [1.165, 1.54) is 11.8 Å². The molecule has 0 saturated carbocycles. The van der Waals surface area contributed by atoms with Crippen molar-refractivity contribution in [1.82, 2.24) is 4.90 Å². The Morgan fingerprint density at radius 2 is 1.88 bits per heavy atom. The van der Waals surface area contributed by atoms with Crippen LogP contribution in [0.3, 0.4) is 0 Å². The van der Waals surface area contributed by atoms with Crippen molar-refractivity contribution in [3.63, 3.8) is 0 Å². The minimum Gasteiger partial charge on any atom is -0.457 e. The zero-order valence-electron chi connectivity index (χ0n) is 19.5. The Morgan fingerprint density at radius 1 is 1.18 bits per heavy atom. The van der Waals surface area contributed by atoms with E-state index in [1.54, 1.807) is 32.9 Å². The average Bonchev–Trinajstić information content (AvgIpc) is 2.73. The second-order valence-corrected chi connectivity index (χ2v) is 9.42. The summed E-state index contributed by atoms with van der Waals surface area (Å²) in [7, 11) is 0. The number of hydrogen-bond donors (Lipinski definition) is 0. The van der Waals surface area contributed by atoms with Gasteiger partial charge in [-0.15, -0.1) is 0 Å². The molecule has 0 unspecified atom stereocenters. The molecule has 33 heavy (non-hydrogen) atoms. The Bertz CT molecular complexity index is 880. The van der Waals surface area contributed by atoms with E-state index in [2.05, 4.69) is 4.90 Å². The summed E-state index contributed by atoms with van der Waals surface area (Å²) >= 11 is 6.43. The summed E-state index contributed by atoms with van der Waals surface area (Å²) in [4.78, 5) is 41.5. The molecule has 9 nitrogen and oxygen atoms in total. The molecule has 0 spiro atoms. The van der Waals surface area contributed by atoms with Crippen molar-refractivity contribution < 1.29 is 33.3 Å². The van der Waals surface area contributed by atoms with Crippen LogP contribution in [0.4, 0.5) is 5.69 Å². The summed E-state index contributed by atoms with van der Waals surface area (Å²) in [5, 5.41) is 0.606. The topological polar surface area (TPSA) is 94.6 Å². The highest BCUT2D eigenvalue weighted by atomic mass is 35.5. The minimum atomic E-state index is -1.50. The molecule has 182 valence electrons. The number of morpholine rings is 2. The van der Waals surface area contributed by atoms with Crippen LogP contribution in [0.2, 0.25) is 5.02 Å². The van der Waals surface area contributed by atoms with E-state index in [-0.39, 0.29) is 13.2 Å². The van der Waals surface area contributed by atoms with Crippen LogP contribution in [0.5, 0.6) is 0 Å². The number of hydrogen-bond acceptors (Lipinski definition) is 8. The van der Waals surface area contributed by atoms with E-state index in [0.717, 1.165) is 18.7 Å². The van der Waals surface area contributed by atoms with Crippen molar-refractivity contribution in [2.24, 2.45) is 0 Å². The third-order valence-corrected chi connectivity index (χ3v) is 5.54. The third kappa shape index (κ3) is 6.89. The fraction of sp³-hybridized carbons (Fsp3) is 0.609.